The average Bonchev–Trinajstić information content (AvgIpc) is 3.41. The molecule has 2 amide bonds. The van der Waals surface area contributed by atoms with Crippen molar-refractivity contribution in [2.24, 2.45) is 11.7 Å². The first-order chi connectivity index (χ1) is 18.4. The number of ether oxygens (including phenoxy) is 2. The van der Waals surface area contributed by atoms with Crippen LogP contribution in [0.2, 0.25) is 0 Å². The van der Waals surface area contributed by atoms with E-state index in [1.165, 1.54) is 6.33 Å². The van der Waals surface area contributed by atoms with Crippen molar-refractivity contribution in [2.45, 2.75) is 38.7 Å². The lowest BCUT2D eigenvalue weighted by Crippen LogP contribution is -2.64. The van der Waals surface area contributed by atoms with E-state index in [9.17, 15) is 9.59 Å². The molecule has 0 saturated carbocycles. The molecule has 1 fully saturated rings. The summed E-state index contributed by atoms with van der Waals surface area (Å²) < 4.78 is 11.7. The fourth-order valence-corrected chi connectivity index (χ4v) is 4.97. The number of likely N-dealkylation sites (tertiary alicyclic amines) is 1. The number of methoxy groups -OCH3 is 1. The Kier molecular flexibility index (Phi) is 8.63. The Balaban J connectivity index is 1.64. The van der Waals surface area contributed by atoms with Gasteiger partial charge < -0.3 is 25.1 Å². The second kappa shape index (κ2) is 12.1. The fraction of sp³-hybridized carbons (Fsp3) is 0.367. The fourth-order valence-electron chi connectivity index (χ4n) is 4.97. The highest BCUT2D eigenvalue weighted by Gasteiger charge is 2.50. The molecule has 4 rings (SSSR count). The molecule has 3 N–H and O–H groups in total. The summed E-state index contributed by atoms with van der Waals surface area (Å²) in [6.45, 7) is 5.64. The Bertz CT molecular complexity index is 1260. The van der Waals surface area contributed by atoms with E-state index in [1.54, 1.807) is 24.3 Å². The molecule has 1 aliphatic heterocycles. The Morgan fingerprint density at radius 3 is 2.53 bits per heavy atom. The number of hydrogen-bond acceptors (Lipinski definition) is 5. The van der Waals surface area contributed by atoms with Crippen LogP contribution in [0.15, 0.2) is 66.6 Å². The highest BCUT2D eigenvalue weighted by molar-refractivity contribution is 6.03. The molecule has 0 spiro atoms. The van der Waals surface area contributed by atoms with Gasteiger partial charge in [-0.25, -0.2) is 4.98 Å². The van der Waals surface area contributed by atoms with E-state index in [-0.39, 0.29) is 11.5 Å². The summed E-state index contributed by atoms with van der Waals surface area (Å²) in [6.07, 6.45) is 7.01. The molecule has 38 heavy (non-hydrogen) atoms. The van der Waals surface area contributed by atoms with Gasteiger partial charge in [-0.1, -0.05) is 49.7 Å². The normalized spacial score (nSPS) is 15.6. The van der Waals surface area contributed by atoms with Gasteiger partial charge >= 0.3 is 0 Å². The second-order valence-corrected chi connectivity index (χ2v) is 9.78. The van der Waals surface area contributed by atoms with Gasteiger partial charge in [0.1, 0.15) is 11.4 Å². The van der Waals surface area contributed by atoms with Crippen molar-refractivity contribution in [3.8, 4) is 5.75 Å². The van der Waals surface area contributed by atoms with Gasteiger partial charge in [-0.05, 0) is 54.7 Å². The number of nitrogens with zero attached hydrogens (tertiary/aromatic N) is 2. The molecule has 200 valence electrons. The van der Waals surface area contributed by atoms with E-state index < -0.39 is 17.4 Å². The number of aromatic nitrogens is 2. The second-order valence-electron chi connectivity index (χ2n) is 9.78. The maximum atomic E-state index is 14.0. The summed E-state index contributed by atoms with van der Waals surface area (Å²) in [4.78, 5) is 35.5. The molecule has 0 bridgehead atoms. The number of aromatic amines is 1. The van der Waals surface area contributed by atoms with Crippen molar-refractivity contribution in [1.82, 2.24) is 14.9 Å². The third kappa shape index (κ3) is 5.97. The lowest BCUT2D eigenvalue weighted by molar-refractivity contribution is -0.176. The van der Waals surface area contributed by atoms with Crippen LogP contribution in [-0.2, 0) is 26.3 Å². The number of nitrogens with two attached hydrogens (primary N) is 1. The predicted molar refractivity (Wildman–Crippen MR) is 146 cm³/mol. The van der Waals surface area contributed by atoms with Gasteiger partial charge in [0.25, 0.3) is 0 Å². The van der Waals surface area contributed by atoms with Crippen LogP contribution in [0.5, 0.6) is 5.75 Å². The number of H-pyrrole nitrogens is 1. The number of aryl methyl sites for hydroxylation is 1. The largest absolute Gasteiger partial charge is 0.497 e. The van der Waals surface area contributed by atoms with Crippen molar-refractivity contribution in [3.63, 3.8) is 0 Å². The molecule has 0 radical (unpaired) electrons. The van der Waals surface area contributed by atoms with Crippen molar-refractivity contribution >= 4 is 17.9 Å². The highest BCUT2D eigenvalue weighted by atomic mass is 16.5. The lowest BCUT2D eigenvalue weighted by atomic mass is 9.81. The third-order valence-electron chi connectivity index (χ3n) is 7.10. The van der Waals surface area contributed by atoms with Gasteiger partial charge in [0.05, 0.1) is 44.3 Å². The van der Waals surface area contributed by atoms with Gasteiger partial charge in [0.2, 0.25) is 11.8 Å². The van der Waals surface area contributed by atoms with Gasteiger partial charge in [-0.3, -0.25) is 9.59 Å². The van der Waals surface area contributed by atoms with Crippen LogP contribution >= 0.6 is 0 Å². The number of amides is 2. The van der Waals surface area contributed by atoms with E-state index in [1.807, 2.05) is 36.4 Å². The monoisotopic (exact) mass is 516 g/mol. The van der Waals surface area contributed by atoms with Crippen LogP contribution in [0, 0.1) is 12.8 Å². The minimum atomic E-state index is -0.769. The van der Waals surface area contributed by atoms with E-state index in [0.717, 1.165) is 35.3 Å². The standard InChI is InChI=1S/C30H36N4O4/c1-4-5-14-38-30(27-9-7-6-8-21(27)2)18-34(19-30)29(36)26(15-22-10-12-24(37-3)13-11-22)25(28(31)35)16-23-17-32-20-33-23/h6-13,16-17,20,26H,4-5,14-15,18-19H2,1-3H3,(H2,31,35)(H,32,33)/t26-/m1/s1. The van der Waals surface area contributed by atoms with Crippen LogP contribution in [0.4, 0.5) is 0 Å². The van der Waals surface area contributed by atoms with Crippen LogP contribution in [-0.4, -0.2) is 53.5 Å². The van der Waals surface area contributed by atoms with Crippen molar-refractivity contribution < 1.29 is 19.1 Å². The molecule has 1 aromatic heterocycles. The molecule has 3 aromatic rings. The van der Waals surface area contributed by atoms with E-state index in [4.69, 9.17) is 15.2 Å². The number of carbonyl (C=O) groups is 2. The highest BCUT2D eigenvalue weighted by Crippen LogP contribution is 2.39. The Morgan fingerprint density at radius 1 is 1.18 bits per heavy atom. The van der Waals surface area contributed by atoms with Crippen molar-refractivity contribution in [3.05, 3.63) is 89.0 Å². The SMILES string of the molecule is CCCCOC1(c2ccccc2C)CN(C(=O)[C@H](Cc2ccc(OC)cc2)C(=Cc2cnc[nH]2)C(N)=O)C1. The molecule has 0 aliphatic carbocycles. The van der Waals surface area contributed by atoms with Crippen molar-refractivity contribution in [1.29, 1.82) is 0 Å². The summed E-state index contributed by atoms with van der Waals surface area (Å²) in [7, 11) is 1.60. The smallest absolute Gasteiger partial charge is 0.245 e. The molecule has 2 heterocycles. The van der Waals surface area contributed by atoms with Gasteiger partial charge in [0.15, 0.2) is 0 Å². The topological polar surface area (TPSA) is 111 Å². The van der Waals surface area contributed by atoms with Crippen LogP contribution in [0.25, 0.3) is 6.08 Å². The Hall–Kier alpha value is -3.91. The quantitative estimate of drug-likeness (QED) is 0.279. The van der Waals surface area contributed by atoms with E-state index >= 15 is 0 Å². The number of unbranched alkanes of at least 4 members (excludes halogenated alkanes) is 1. The summed E-state index contributed by atoms with van der Waals surface area (Å²) >= 11 is 0. The number of rotatable bonds is 12. The van der Waals surface area contributed by atoms with Gasteiger partial charge in [0, 0.05) is 12.2 Å². The maximum Gasteiger partial charge on any atom is 0.245 e. The Morgan fingerprint density at radius 2 is 1.92 bits per heavy atom. The average molecular weight is 517 g/mol. The number of benzene rings is 2. The molecule has 8 heteroatoms. The number of hydrogen-bond donors (Lipinski definition) is 2. The zero-order valence-corrected chi connectivity index (χ0v) is 22.3. The summed E-state index contributed by atoms with van der Waals surface area (Å²) in [5.41, 5.74) is 9.22. The molecule has 0 unspecified atom stereocenters. The zero-order valence-electron chi connectivity index (χ0n) is 22.3. The molecular weight excluding hydrogens is 480 g/mol. The minimum Gasteiger partial charge on any atom is -0.497 e. The summed E-state index contributed by atoms with van der Waals surface area (Å²) in [6, 6.07) is 15.6. The summed E-state index contributed by atoms with van der Waals surface area (Å²) in [5, 5.41) is 0. The minimum absolute atomic E-state index is 0.159. The number of imidazole rings is 1. The van der Waals surface area contributed by atoms with Crippen LogP contribution < -0.4 is 10.5 Å². The zero-order chi connectivity index (χ0) is 27.1. The molecule has 1 atom stereocenters. The van der Waals surface area contributed by atoms with Gasteiger partial charge in [-0.2, -0.15) is 0 Å². The lowest BCUT2D eigenvalue weighted by Gasteiger charge is -2.51. The summed E-state index contributed by atoms with van der Waals surface area (Å²) in [5.74, 6) is -0.852. The molecule has 2 aromatic carbocycles. The van der Waals surface area contributed by atoms with E-state index in [2.05, 4.69) is 35.9 Å². The maximum absolute atomic E-state index is 14.0. The predicted octanol–water partition coefficient (Wildman–Crippen LogP) is 4.01. The Labute approximate surface area is 223 Å². The molecule has 8 nitrogen and oxygen atoms in total. The van der Waals surface area contributed by atoms with Crippen molar-refractivity contribution in [2.75, 3.05) is 26.8 Å². The number of primary amides is 1. The third-order valence-corrected chi connectivity index (χ3v) is 7.10. The first-order valence-corrected chi connectivity index (χ1v) is 13.0. The number of carbonyl (C=O) groups excluding carboxylic acids is 2. The van der Waals surface area contributed by atoms with Crippen LogP contribution in [0.1, 0.15) is 42.1 Å². The molecule has 1 saturated heterocycles. The first kappa shape index (κ1) is 27.1. The first-order valence-electron chi connectivity index (χ1n) is 13.0. The molecular formula is C30H36N4O4. The van der Waals surface area contributed by atoms with Gasteiger partial charge in [-0.15, -0.1) is 0 Å². The molecule has 1 aliphatic rings. The number of nitrogens with one attached hydrogen (secondary N) is 1. The van der Waals surface area contributed by atoms with Crippen LogP contribution in [0.3, 0.4) is 0 Å². The van der Waals surface area contributed by atoms with E-state index in [0.29, 0.717) is 31.8 Å².